The Kier molecular flexibility index (Phi) is 5.15. The van der Waals surface area contributed by atoms with Crippen LogP contribution in [-0.4, -0.2) is 22.5 Å². The molecule has 0 fully saturated rings. The summed E-state index contributed by atoms with van der Waals surface area (Å²) in [6.45, 7) is 0.0540. The molecule has 0 saturated carbocycles. The van der Waals surface area contributed by atoms with Crippen molar-refractivity contribution in [2.24, 2.45) is 5.73 Å². The van der Waals surface area contributed by atoms with E-state index in [0.717, 1.165) is 6.07 Å². The fourth-order valence-electron chi connectivity index (χ4n) is 1.99. The summed E-state index contributed by atoms with van der Waals surface area (Å²) in [5.41, 5.74) is 5.68. The van der Waals surface area contributed by atoms with Crippen LogP contribution in [0.1, 0.15) is 22.0 Å². The quantitative estimate of drug-likeness (QED) is 0.553. The highest BCUT2D eigenvalue weighted by Gasteiger charge is 2.17. The third kappa shape index (κ3) is 4.18. The van der Waals surface area contributed by atoms with Crippen LogP contribution in [0, 0.1) is 10.1 Å². The molecule has 0 heterocycles. The molecule has 0 unspecified atom stereocenters. The molecule has 2 rings (SSSR count). The number of nitrogens with two attached hydrogens (primary N) is 1. The van der Waals surface area contributed by atoms with Gasteiger partial charge in [0.2, 0.25) is 5.91 Å². The molecule has 0 aliphatic rings. The fourth-order valence-corrected chi connectivity index (χ4v) is 2.12. The monoisotopic (exact) mass is 335 g/mol. The van der Waals surface area contributed by atoms with E-state index in [0.29, 0.717) is 10.6 Å². The number of nitrogens with zero attached hydrogens (tertiary/aromatic N) is 1. The summed E-state index contributed by atoms with van der Waals surface area (Å²) in [6, 6.07) is 10.5. The molecule has 0 saturated heterocycles. The number of halogens is 1. The number of hydrogen-bond acceptors (Lipinski definition) is 5. The van der Waals surface area contributed by atoms with E-state index in [4.69, 9.17) is 17.3 Å². The van der Waals surface area contributed by atoms with Gasteiger partial charge in [0, 0.05) is 23.2 Å². The summed E-state index contributed by atoms with van der Waals surface area (Å²) in [5.74, 6) is -0.749. The number of nitro benzene ring substituents is 1. The van der Waals surface area contributed by atoms with Gasteiger partial charge in [-0.1, -0.05) is 23.7 Å². The number of benzene rings is 2. The van der Waals surface area contributed by atoms with Gasteiger partial charge in [-0.05, 0) is 29.8 Å². The van der Waals surface area contributed by atoms with Crippen molar-refractivity contribution >= 4 is 28.9 Å². The predicted octanol–water partition coefficient (Wildman–Crippen LogP) is 2.49. The SMILES string of the molecule is NC(=O)c1ccc(NC[C@H](O)c2ccc(Cl)cc2)c([N+](=O)[O-])c1. The van der Waals surface area contributed by atoms with E-state index in [1.54, 1.807) is 24.3 Å². The first kappa shape index (κ1) is 16.7. The number of nitrogens with one attached hydrogen (secondary N) is 1. The van der Waals surface area contributed by atoms with Crippen LogP contribution >= 0.6 is 11.6 Å². The van der Waals surface area contributed by atoms with Crippen molar-refractivity contribution in [2.45, 2.75) is 6.10 Å². The molecule has 4 N–H and O–H groups in total. The second kappa shape index (κ2) is 7.08. The van der Waals surface area contributed by atoms with Crippen LogP contribution in [0.5, 0.6) is 0 Å². The Morgan fingerprint density at radius 2 is 1.96 bits per heavy atom. The smallest absolute Gasteiger partial charge is 0.293 e. The molecule has 0 bridgehead atoms. The van der Waals surface area contributed by atoms with Gasteiger partial charge in [-0.15, -0.1) is 0 Å². The van der Waals surface area contributed by atoms with E-state index in [-0.39, 0.29) is 23.5 Å². The maximum atomic E-state index is 11.1. The van der Waals surface area contributed by atoms with Gasteiger partial charge in [0.1, 0.15) is 5.69 Å². The summed E-state index contributed by atoms with van der Waals surface area (Å²) in [7, 11) is 0. The Labute approximate surface area is 136 Å². The lowest BCUT2D eigenvalue weighted by Crippen LogP contribution is -2.14. The Morgan fingerprint density at radius 1 is 1.30 bits per heavy atom. The average Bonchev–Trinajstić information content (AvgIpc) is 2.52. The van der Waals surface area contributed by atoms with E-state index in [2.05, 4.69) is 5.32 Å². The third-order valence-corrected chi connectivity index (χ3v) is 3.47. The maximum Gasteiger partial charge on any atom is 0.293 e. The van der Waals surface area contributed by atoms with Gasteiger partial charge in [0.15, 0.2) is 0 Å². The first-order valence-corrected chi connectivity index (χ1v) is 7.02. The normalized spacial score (nSPS) is 11.7. The fraction of sp³-hybridized carbons (Fsp3) is 0.133. The van der Waals surface area contributed by atoms with Crippen molar-refractivity contribution in [3.05, 3.63) is 68.7 Å². The van der Waals surface area contributed by atoms with E-state index >= 15 is 0 Å². The topological polar surface area (TPSA) is 118 Å². The van der Waals surface area contributed by atoms with E-state index < -0.39 is 16.9 Å². The molecular weight excluding hydrogens is 322 g/mol. The lowest BCUT2D eigenvalue weighted by molar-refractivity contribution is -0.384. The third-order valence-electron chi connectivity index (χ3n) is 3.22. The van der Waals surface area contributed by atoms with Crippen LogP contribution in [0.3, 0.4) is 0 Å². The largest absolute Gasteiger partial charge is 0.387 e. The van der Waals surface area contributed by atoms with Gasteiger partial charge in [-0.2, -0.15) is 0 Å². The molecule has 7 nitrogen and oxygen atoms in total. The average molecular weight is 336 g/mol. The van der Waals surface area contributed by atoms with Gasteiger partial charge in [0.05, 0.1) is 11.0 Å². The second-order valence-electron chi connectivity index (χ2n) is 4.80. The van der Waals surface area contributed by atoms with Crippen molar-refractivity contribution in [2.75, 3.05) is 11.9 Å². The van der Waals surface area contributed by atoms with Crippen LogP contribution in [-0.2, 0) is 0 Å². The number of anilines is 1. The first-order valence-electron chi connectivity index (χ1n) is 6.64. The van der Waals surface area contributed by atoms with Gasteiger partial charge in [-0.3, -0.25) is 14.9 Å². The molecule has 1 amide bonds. The van der Waals surface area contributed by atoms with Crippen LogP contribution in [0.4, 0.5) is 11.4 Å². The number of rotatable bonds is 6. The van der Waals surface area contributed by atoms with Crippen molar-refractivity contribution in [3.63, 3.8) is 0 Å². The number of carbonyl (C=O) groups excluding carboxylic acids is 1. The number of amides is 1. The van der Waals surface area contributed by atoms with Gasteiger partial charge < -0.3 is 16.2 Å². The molecule has 1 atom stereocenters. The molecule has 0 aliphatic carbocycles. The molecule has 0 radical (unpaired) electrons. The zero-order chi connectivity index (χ0) is 17.0. The van der Waals surface area contributed by atoms with Crippen molar-refractivity contribution in [3.8, 4) is 0 Å². The molecule has 0 aromatic heterocycles. The first-order chi connectivity index (χ1) is 10.9. The van der Waals surface area contributed by atoms with Gasteiger partial charge in [-0.25, -0.2) is 0 Å². The number of hydrogen-bond donors (Lipinski definition) is 3. The van der Waals surface area contributed by atoms with Crippen LogP contribution in [0.25, 0.3) is 0 Å². The zero-order valence-corrected chi connectivity index (χ0v) is 12.7. The van der Waals surface area contributed by atoms with E-state index in [9.17, 15) is 20.0 Å². The molecule has 2 aromatic rings. The summed E-state index contributed by atoms with van der Waals surface area (Å²) in [6.07, 6.45) is -0.873. The van der Waals surface area contributed by atoms with Gasteiger partial charge in [0.25, 0.3) is 5.69 Å². The van der Waals surface area contributed by atoms with Crippen molar-refractivity contribution in [1.82, 2.24) is 0 Å². The Hall–Kier alpha value is -2.64. The van der Waals surface area contributed by atoms with Crippen molar-refractivity contribution < 1.29 is 14.8 Å². The molecule has 0 spiro atoms. The van der Waals surface area contributed by atoms with Crippen LogP contribution in [0.15, 0.2) is 42.5 Å². The maximum absolute atomic E-state index is 11.1. The highest BCUT2D eigenvalue weighted by atomic mass is 35.5. The lowest BCUT2D eigenvalue weighted by Gasteiger charge is -2.13. The van der Waals surface area contributed by atoms with Crippen LogP contribution < -0.4 is 11.1 Å². The summed E-state index contributed by atoms with van der Waals surface area (Å²) < 4.78 is 0. The molecule has 8 heteroatoms. The number of nitro groups is 1. The molecule has 23 heavy (non-hydrogen) atoms. The molecular formula is C15H14ClN3O4. The summed E-state index contributed by atoms with van der Waals surface area (Å²) in [4.78, 5) is 21.6. The lowest BCUT2D eigenvalue weighted by atomic mass is 10.1. The highest BCUT2D eigenvalue weighted by molar-refractivity contribution is 6.30. The zero-order valence-electron chi connectivity index (χ0n) is 11.9. The van der Waals surface area contributed by atoms with Crippen LogP contribution in [0.2, 0.25) is 5.02 Å². The molecule has 120 valence electrons. The Balaban J connectivity index is 2.14. The number of primary amides is 1. The molecule has 0 aliphatic heterocycles. The predicted molar refractivity (Wildman–Crippen MR) is 86.5 cm³/mol. The summed E-state index contributed by atoms with van der Waals surface area (Å²) in [5, 5.41) is 24.5. The second-order valence-corrected chi connectivity index (χ2v) is 5.24. The standard InChI is InChI=1S/C15H14ClN3O4/c16-11-4-1-9(2-5-11)14(20)8-18-12-6-3-10(15(17)21)7-13(12)19(22)23/h1-7,14,18,20H,8H2,(H2,17,21)/t14-/m0/s1. The Morgan fingerprint density at radius 3 is 2.52 bits per heavy atom. The van der Waals surface area contributed by atoms with E-state index in [1.807, 2.05) is 0 Å². The minimum Gasteiger partial charge on any atom is -0.387 e. The minimum absolute atomic E-state index is 0.0421. The number of aliphatic hydroxyl groups excluding tert-OH is 1. The van der Waals surface area contributed by atoms with Crippen molar-refractivity contribution in [1.29, 1.82) is 0 Å². The van der Waals surface area contributed by atoms with E-state index in [1.165, 1.54) is 12.1 Å². The minimum atomic E-state index is -0.873. The van der Waals surface area contributed by atoms with Gasteiger partial charge >= 0.3 is 0 Å². The number of carbonyl (C=O) groups is 1. The molecule has 2 aromatic carbocycles. The summed E-state index contributed by atoms with van der Waals surface area (Å²) >= 11 is 5.78. The Bertz CT molecular complexity index is 734. The number of aliphatic hydroxyl groups is 1. The highest BCUT2D eigenvalue weighted by Crippen LogP contribution is 2.26.